The molecule has 1 aliphatic rings. The molecule has 22 heavy (non-hydrogen) atoms. The number of rotatable bonds is 5. The number of sulfonamides is 1. The Bertz CT molecular complexity index is 616. The van der Waals surface area contributed by atoms with Crippen LogP contribution in [0.15, 0.2) is 18.2 Å². The maximum Gasteiger partial charge on any atom is 0.209 e. The molecule has 6 heteroatoms. The molecular weight excluding hydrogens is 300 g/mol. The molecule has 0 spiro atoms. The second kappa shape index (κ2) is 7.08. The van der Waals surface area contributed by atoms with Gasteiger partial charge in [0.05, 0.1) is 18.5 Å². The third-order valence-electron chi connectivity index (χ3n) is 4.22. The Kier molecular flexibility index (Phi) is 5.60. The van der Waals surface area contributed by atoms with Crippen molar-refractivity contribution in [1.82, 2.24) is 4.90 Å². The molecule has 2 N–H and O–H groups in total. The van der Waals surface area contributed by atoms with Crippen molar-refractivity contribution in [2.24, 2.45) is 5.14 Å². The van der Waals surface area contributed by atoms with Gasteiger partial charge in [0.2, 0.25) is 10.0 Å². The molecule has 0 radical (unpaired) electrons. The van der Waals surface area contributed by atoms with Crippen molar-refractivity contribution >= 4 is 10.0 Å². The second-order valence-corrected chi connectivity index (χ2v) is 7.98. The molecule has 0 bridgehead atoms. The average molecular weight is 326 g/mol. The summed E-state index contributed by atoms with van der Waals surface area (Å²) in [5, 5.41) is 5.07. The standard InChI is InChI=1S/C16H26N2O3S/c1-12-5-6-13(2)15(9-12)16-10-18(14(3)11-21-16)7-4-8-22(17,19)20/h5-6,9,14,16H,4,7-8,10-11H2,1-3H3,(H2,17,19,20). The highest BCUT2D eigenvalue weighted by atomic mass is 32.2. The molecule has 1 heterocycles. The first-order valence-corrected chi connectivity index (χ1v) is 9.41. The van der Waals surface area contributed by atoms with Crippen LogP contribution in [0.5, 0.6) is 0 Å². The van der Waals surface area contributed by atoms with Crippen LogP contribution in [0.4, 0.5) is 0 Å². The highest BCUT2D eigenvalue weighted by Gasteiger charge is 2.27. The lowest BCUT2D eigenvalue weighted by Crippen LogP contribution is -2.45. The van der Waals surface area contributed by atoms with Gasteiger partial charge in [-0.15, -0.1) is 0 Å². The van der Waals surface area contributed by atoms with Gasteiger partial charge in [-0.05, 0) is 44.9 Å². The number of ether oxygens (including phenoxy) is 1. The molecule has 1 aliphatic heterocycles. The van der Waals surface area contributed by atoms with Crippen molar-refractivity contribution < 1.29 is 13.2 Å². The van der Waals surface area contributed by atoms with Crippen LogP contribution in [0.2, 0.25) is 0 Å². The van der Waals surface area contributed by atoms with Gasteiger partial charge in [0.1, 0.15) is 0 Å². The summed E-state index contributed by atoms with van der Waals surface area (Å²) in [5.41, 5.74) is 3.68. The Balaban J connectivity index is 2.02. The second-order valence-electron chi connectivity index (χ2n) is 6.25. The summed E-state index contributed by atoms with van der Waals surface area (Å²) in [6, 6.07) is 6.70. The summed E-state index contributed by atoms with van der Waals surface area (Å²) in [7, 11) is -3.38. The number of benzene rings is 1. The predicted octanol–water partition coefficient (Wildman–Crippen LogP) is 1.74. The fourth-order valence-corrected chi connectivity index (χ4v) is 3.41. The van der Waals surface area contributed by atoms with Crippen molar-refractivity contribution in [1.29, 1.82) is 0 Å². The van der Waals surface area contributed by atoms with Crippen LogP contribution in [0, 0.1) is 13.8 Å². The van der Waals surface area contributed by atoms with Crippen LogP contribution < -0.4 is 5.14 Å². The summed E-state index contributed by atoms with van der Waals surface area (Å²) in [5.74, 6) is 0.0330. The van der Waals surface area contributed by atoms with Crippen LogP contribution >= 0.6 is 0 Å². The van der Waals surface area contributed by atoms with Crippen molar-refractivity contribution in [3.05, 3.63) is 34.9 Å². The fourth-order valence-electron chi connectivity index (χ4n) is 2.88. The number of aryl methyl sites for hydroxylation is 2. The van der Waals surface area contributed by atoms with E-state index in [1.165, 1.54) is 16.7 Å². The SMILES string of the molecule is Cc1ccc(C)c(C2CN(CCCS(N)(=O)=O)C(C)CO2)c1. The van der Waals surface area contributed by atoms with Crippen molar-refractivity contribution in [3.8, 4) is 0 Å². The molecular formula is C16H26N2O3S. The van der Waals surface area contributed by atoms with Crippen LogP contribution in [0.1, 0.15) is 36.1 Å². The predicted molar refractivity (Wildman–Crippen MR) is 88.2 cm³/mol. The van der Waals surface area contributed by atoms with Crippen molar-refractivity contribution in [2.75, 3.05) is 25.4 Å². The number of nitrogens with two attached hydrogens (primary N) is 1. The molecule has 1 fully saturated rings. The average Bonchev–Trinajstić information content (AvgIpc) is 2.42. The summed E-state index contributed by atoms with van der Waals surface area (Å²) in [6.45, 7) is 8.46. The first-order chi connectivity index (χ1) is 10.3. The minimum Gasteiger partial charge on any atom is -0.371 e. The molecule has 1 saturated heterocycles. The number of morpholine rings is 1. The first kappa shape index (κ1) is 17.4. The Morgan fingerprint density at radius 3 is 2.77 bits per heavy atom. The highest BCUT2D eigenvalue weighted by Crippen LogP contribution is 2.28. The summed E-state index contributed by atoms with van der Waals surface area (Å²) in [4.78, 5) is 2.29. The van der Waals surface area contributed by atoms with Gasteiger partial charge in [0, 0.05) is 12.6 Å². The molecule has 0 aromatic heterocycles. The maximum absolute atomic E-state index is 11.1. The molecule has 0 amide bonds. The molecule has 2 unspecified atom stereocenters. The first-order valence-electron chi connectivity index (χ1n) is 7.69. The molecule has 2 atom stereocenters. The van der Waals surface area contributed by atoms with Crippen molar-refractivity contribution in [2.45, 2.75) is 39.3 Å². The van der Waals surface area contributed by atoms with E-state index >= 15 is 0 Å². The third-order valence-corrected chi connectivity index (χ3v) is 5.08. The highest BCUT2D eigenvalue weighted by molar-refractivity contribution is 7.89. The fraction of sp³-hybridized carbons (Fsp3) is 0.625. The Morgan fingerprint density at radius 1 is 1.36 bits per heavy atom. The van der Waals surface area contributed by atoms with Gasteiger partial charge in [0.15, 0.2) is 0 Å². The molecule has 1 aromatic carbocycles. The van der Waals surface area contributed by atoms with Crippen LogP contribution in [-0.4, -0.2) is 44.8 Å². The number of nitrogens with zero attached hydrogens (tertiary/aromatic N) is 1. The maximum atomic E-state index is 11.1. The lowest BCUT2D eigenvalue weighted by molar-refractivity contribution is -0.0600. The Labute approximate surface area is 133 Å². The van der Waals surface area contributed by atoms with E-state index in [9.17, 15) is 8.42 Å². The zero-order valence-corrected chi connectivity index (χ0v) is 14.4. The zero-order chi connectivity index (χ0) is 16.3. The van der Waals surface area contributed by atoms with Gasteiger partial charge < -0.3 is 4.74 Å². The smallest absolute Gasteiger partial charge is 0.209 e. The summed E-state index contributed by atoms with van der Waals surface area (Å²) in [6.07, 6.45) is 0.605. The van der Waals surface area contributed by atoms with Gasteiger partial charge in [-0.2, -0.15) is 0 Å². The van der Waals surface area contributed by atoms with Gasteiger partial charge in [-0.25, -0.2) is 13.6 Å². The van der Waals surface area contributed by atoms with Crippen LogP contribution in [-0.2, 0) is 14.8 Å². The van der Waals surface area contributed by atoms with Gasteiger partial charge >= 0.3 is 0 Å². The summed E-state index contributed by atoms with van der Waals surface area (Å²) >= 11 is 0. The largest absolute Gasteiger partial charge is 0.371 e. The molecule has 0 aliphatic carbocycles. The minimum atomic E-state index is -3.38. The van der Waals surface area contributed by atoms with E-state index in [4.69, 9.17) is 9.88 Å². The minimum absolute atomic E-state index is 0.0330. The molecule has 124 valence electrons. The monoisotopic (exact) mass is 326 g/mol. The van der Waals surface area contributed by atoms with Gasteiger partial charge in [-0.1, -0.05) is 23.8 Å². The van der Waals surface area contributed by atoms with Crippen LogP contribution in [0.3, 0.4) is 0 Å². The Morgan fingerprint density at radius 2 is 2.09 bits per heavy atom. The zero-order valence-electron chi connectivity index (χ0n) is 13.6. The van der Waals surface area contributed by atoms with Gasteiger partial charge in [-0.3, -0.25) is 4.90 Å². The van der Waals surface area contributed by atoms with E-state index in [-0.39, 0.29) is 11.9 Å². The van der Waals surface area contributed by atoms with E-state index in [1.54, 1.807) is 0 Å². The van der Waals surface area contributed by atoms with E-state index in [1.807, 2.05) is 0 Å². The third kappa shape index (κ3) is 4.78. The van der Waals surface area contributed by atoms with E-state index in [2.05, 4.69) is 43.9 Å². The van der Waals surface area contributed by atoms with Crippen LogP contribution in [0.25, 0.3) is 0 Å². The molecule has 0 saturated carbocycles. The summed E-state index contributed by atoms with van der Waals surface area (Å²) < 4.78 is 28.1. The lowest BCUT2D eigenvalue weighted by atomic mass is 9.99. The lowest BCUT2D eigenvalue weighted by Gasteiger charge is -2.38. The quantitative estimate of drug-likeness (QED) is 0.894. The molecule has 2 rings (SSSR count). The van der Waals surface area contributed by atoms with Gasteiger partial charge in [0.25, 0.3) is 0 Å². The molecule has 5 nitrogen and oxygen atoms in total. The molecule has 1 aromatic rings. The number of hydrogen-bond donors (Lipinski definition) is 1. The topological polar surface area (TPSA) is 72.6 Å². The van der Waals surface area contributed by atoms with E-state index in [0.717, 1.165) is 13.1 Å². The Hall–Kier alpha value is -0.950. The number of primary sulfonamides is 1. The van der Waals surface area contributed by atoms with Crippen molar-refractivity contribution in [3.63, 3.8) is 0 Å². The van der Waals surface area contributed by atoms with E-state index < -0.39 is 10.0 Å². The number of hydrogen-bond acceptors (Lipinski definition) is 4. The normalized spacial score (nSPS) is 23.6. The van der Waals surface area contributed by atoms with E-state index in [0.29, 0.717) is 19.1 Å².